The molecule has 1 N–H and O–H groups in total. The molecule has 1 aromatic heterocycles. The topological polar surface area (TPSA) is 62.3 Å². The number of nitrogens with one attached hydrogen (secondary N) is 1. The summed E-state index contributed by atoms with van der Waals surface area (Å²) in [6, 6.07) is -0.431. The van der Waals surface area contributed by atoms with Crippen molar-refractivity contribution < 1.29 is 9.59 Å². The van der Waals surface area contributed by atoms with Gasteiger partial charge in [0, 0.05) is 23.3 Å². The third kappa shape index (κ3) is 3.63. The van der Waals surface area contributed by atoms with E-state index in [1.54, 1.807) is 16.2 Å². The molecule has 0 aromatic carbocycles. The summed E-state index contributed by atoms with van der Waals surface area (Å²) in [5.41, 5.74) is 1.06. The predicted molar refractivity (Wildman–Crippen MR) is 94.8 cm³/mol. The predicted octanol–water partition coefficient (Wildman–Crippen LogP) is 3.02. The minimum atomic E-state index is -0.303. The van der Waals surface area contributed by atoms with Crippen molar-refractivity contribution in [1.82, 2.24) is 15.2 Å². The number of amides is 2. The molecule has 2 amide bonds. The Bertz CT molecular complexity index is 630. The van der Waals surface area contributed by atoms with Crippen LogP contribution >= 0.6 is 11.3 Å². The molecule has 24 heavy (non-hydrogen) atoms. The normalized spacial score (nSPS) is 22.5. The van der Waals surface area contributed by atoms with Crippen molar-refractivity contribution in [3.63, 3.8) is 0 Å². The lowest BCUT2D eigenvalue weighted by atomic mass is 9.93. The van der Waals surface area contributed by atoms with Crippen molar-refractivity contribution in [2.24, 2.45) is 5.92 Å². The van der Waals surface area contributed by atoms with Gasteiger partial charge in [0.05, 0.1) is 11.7 Å². The van der Waals surface area contributed by atoms with E-state index in [9.17, 15) is 9.59 Å². The third-order valence-electron chi connectivity index (χ3n) is 4.78. The Morgan fingerprint density at radius 2 is 2.04 bits per heavy atom. The van der Waals surface area contributed by atoms with Crippen LogP contribution in [0.3, 0.4) is 0 Å². The monoisotopic (exact) mass is 349 g/mol. The molecule has 0 bridgehead atoms. The van der Waals surface area contributed by atoms with E-state index in [4.69, 9.17) is 0 Å². The molecule has 0 unspecified atom stereocenters. The number of hydrogen-bond donors (Lipinski definition) is 1. The molecule has 2 atom stereocenters. The standard InChI is InChI=1S/C18H27N3O2S/c1-11(16-20-14(10-24-16)18(2,3)4)19-15(22)13-6-5-9-21(13)17(23)12-7-8-12/h10-13H,5-9H2,1-4H3,(H,19,22)/t11-,13-/m0/s1. The molecule has 6 heteroatoms. The molecule has 5 nitrogen and oxygen atoms in total. The molecule has 1 aliphatic heterocycles. The SMILES string of the molecule is C[C@H](NC(=O)[C@@H]1CCCN1C(=O)C1CC1)c1nc(C(C)(C)C)cs1. The lowest BCUT2D eigenvalue weighted by Crippen LogP contribution is -2.47. The Balaban J connectivity index is 1.63. The number of aromatic nitrogens is 1. The fourth-order valence-corrected chi connectivity index (χ4v) is 4.12. The average molecular weight is 350 g/mol. The van der Waals surface area contributed by atoms with Gasteiger partial charge in [-0.1, -0.05) is 20.8 Å². The van der Waals surface area contributed by atoms with Gasteiger partial charge in [-0.3, -0.25) is 9.59 Å². The zero-order valence-electron chi connectivity index (χ0n) is 15.0. The first kappa shape index (κ1) is 17.4. The van der Waals surface area contributed by atoms with Crippen molar-refractivity contribution in [3.8, 4) is 0 Å². The highest BCUT2D eigenvalue weighted by molar-refractivity contribution is 7.09. The van der Waals surface area contributed by atoms with Crippen LogP contribution in [0.2, 0.25) is 0 Å². The summed E-state index contributed by atoms with van der Waals surface area (Å²) in [6.45, 7) is 9.08. The molecular weight excluding hydrogens is 322 g/mol. The van der Waals surface area contributed by atoms with E-state index < -0.39 is 0 Å². The number of carbonyl (C=O) groups excluding carboxylic acids is 2. The van der Waals surface area contributed by atoms with E-state index >= 15 is 0 Å². The van der Waals surface area contributed by atoms with Crippen LogP contribution in [0, 0.1) is 5.92 Å². The highest BCUT2D eigenvalue weighted by atomic mass is 32.1. The van der Waals surface area contributed by atoms with Crippen LogP contribution in [0.15, 0.2) is 5.38 Å². The van der Waals surface area contributed by atoms with Crippen LogP contribution in [-0.2, 0) is 15.0 Å². The lowest BCUT2D eigenvalue weighted by molar-refractivity contribution is -0.139. The molecule has 1 aliphatic carbocycles. The largest absolute Gasteiger partial charge is 0.345 e. The van der Waals surface area contributed by atoms with Gasteiger partial charge < -0.3 is 10.2 Å². The summed E-state index contributed by atoms with van der Waals surface area (Å²) in [5.74, 6) is 0.301. The quantitative estimate of drug-likeness (QED) is 0.909. The second-order valence-corrected chi connectivity index (χ2v) is 8.90. The Kier molecular flexibility index (Phi) is 4.69. The summed E-state index contributed by atoms with van der Waals surface area (Å²) < 4.78 is 0. The lowest BCUT2D eigenvalue weighted by Gasteiger charge is -2.25. The van der Waals surface area contributed by atoms with Crippen molar-refractivity contribution in [2.75, 3.05) is 6.54 Å². The molecule has 1 aromatic rings. The van der Waals surface area contributed by atoms with Gasteiger partial charge in [-0.25, -0.2) is 4.98 Å². The number of carbonyl (C=O) groups is 2. The zero-order chi connectivity index (χ0) is 17.5. The highest BCUT2D eigenvalue weighted by Gasteiger charge is 2.41. The van der Waals surface area contributed by atoms with E-state index in [1.165, 1.54) is 0 Å². The van der Waals surface area contributed by atoms with Crippen LogP contribution in [-0.4, -0.2) is 34.3 Å². The Labute approximate surface area is 147 Å². The third-order valence-corrected chi connectivity index (χ3v) is 5.81. The number of thiazole rings is 1. The van der Waals surface area contributed by atoms with E-state index in [0.29, 0.717) is 6.54 Å². The summed E-state index contributed by atoms with van der Waals surface area (Å²) in [6.07, 6.45) is 3.64. The first-order chi connectivity index (χ1) is 11.3. The van der Waals surface area contributed by atoms with Gasteiger partial charge in [-0.2, -0.15) is 0 Å². The Morgan fingerprint density at radius 1 is 1.33 bits per heavy atom. The fourth-order valence-electron chi connectivity index (χ4n) is 3.07. The summed E-state index contributed by atoms with van der Waals surface area (Å²) in [4.78, 5) is 31.5. The molecule has 0 spiro atoms. The fraction of sp³-hybridized carbons (Fsp3) is 0.722. The van der Waals surface area contributed by atoms with Crippen LogP contribution in [0.25, 0.3) is 0 Å². The van der Waals surface area contributed by atoms with E-state index in [2.05, 4.69) is 36.5 Å². The maximum atomic E-state index is 12.7. The maximum absolute atomic E-state index is 12.7. The number of nitrogens with zero attached hydrogens (tertiary/aromatic N) is 2. The van der Waals surface area contributed by atoms with Gasteiger partial charge >= 0.3 is 0 Å². The Hall–Kier alpha value is -1.43. The molecule has 2 heterocycles. The summed E-state index contributed by atoms with van der Waals surface area (Å²) in [5, 5.41) is 6.05. The molecule has 2 fully saturated rings. The molecular formula is C18H27N3O2S. The van der Waals surface area contributed by atoms with Crippen molar-refractivity contribution in [1.29, 1.82) is 0 Å². The average Bonchev–Trinajstić information content (AvgIpc) is 3.03. The van der Waals surface area contributed by atoms with Crippen molar-refractivity contribution >= 4 is 23.2 Å². The zero-order valence-corrected chi connectivity index (χ0v) is 15.8. The maximum Gasteiger partial charge on any atom is 0.243 e. The van der Waals surface area contributed by atoms with Crippen LogP contribution < -0.4 is 5.32 Å². The second-order valence-electron chi connectivity index (χ2n) is 8.02. The van der Waals surface area contributed by atoms with Gasteiger partial charge in [0.2, 0.25) is 11.8 Å². The van der Waals surface area contributed by atoms with E-state index in [0.717, 1.165) is 36.4 Å². The van der Waals surface area contributed by atoms with Gasteiger partial charge in [-0.05, 0) is 32.6 Å². The van der Waals surface area contributed by atoms with E-state index in [1.807, 2.05) is 6.92 Å². The smallest absolute Gasteiger partial charge is 0.243 e. The van der Waals surface area contributed by atoms with Crippen LogP contribution in [0.1, 0.15) is 70.1 Å². The van der Waals surface area contributed by atoms with Crippen LogP contribution in [0.4, 0.5) is 0 Å². The number of hydrogen-bond acceptors (Lipinski definition) is 4. The van der Waals surface area contributed by atoms with Crippen LogP contribution in [0.5, 0.6) is 0 Å². The first-order valence-corrected chi connectivity index (χ1v) is 9.72. The Morgan fingerprint density at radius 3 is 2.62 bits per heavy atom. The van der Waals surface area contributed by atoms with Crippen molar-refractivity contribution in [3.05, 3.63) is 16.1 Å². The minimum absolute atomic E-state index is 0.0113. The number of rotatable bonds is 4. The van der Waals surface area contributed by atoms with Gasteiger partial charge in [0.25, 0.3) is 0 Å². The van der Waals surface area contributed by atoms with Gasteiger partial charge in [0.15, 0.2) is 0 Å². The van der Waals surface area contributed by atoms with Crippen molar-refractivity contribution in [2.45, 2.75) is 70.9 Å². The first-order valence-electron chi connectivity index (χ1n) is 8.84. The van der Waals surface area contributed by atoms with Gasteiger partial charge in [-0.15, -0.1) is 11.3 Å². The molecule has 2 aliphatic rings. The second kappa shape index (κ2) is 6.47. The molecule has 1 saturated carbocycles. The molecule has 3 rings (SSSR count). The molecule has 1 saturated heterocycles. The highest BCUT2D eigenvalue weighted by Crippen LogP contribution is 2.34. The van der Waals surface area contributed by atoms with Gasteiger partial charge in [0.1, 0.15) is 11.0 Å². The summed E-state index contributed by atoms with van der Waals surface area (Å²) >= 11 is 1.58. The molecule has 132 valence electrons. The minimum Gasteiger partial charge on any atom is -0.345 e. The summed E-state index contributed by atoms with van der Waals surface area (Å²) in [7, 11) is 0. The number of likely N-dealkylation sites (tertiary alicyclic amines) is 1. The van der Waals surface area contributed by atoms with E-state index in [-0.39, 0.29) is 35.2 Å². The molecule has 0 radical (unpaired) electrons.